The minimum absolute atomic E-state index is 0.0641. The SMILES string of the molecule is C=CC(=O)Nc1ccc(CN2C(=O)C(C3OCC(C)(C)CO3)c3cc(NC(=O)CCC)ccc32)cc1. The first-order valence-corrected chi connectivity index (χ1v) is 12.2. The molecular weight excluding hydrogens is 458 g/mol. The van der Waals surface area contributed by atoms with Gasteiger partial charge in [0.15, 0.2) is 6.29 Å². The number of ether oxygens (including phenoxy) is 2. The van der Waals surface area contributed by atoms with E-state index in [0.29, 0.717) is 37.6 Å². The first-order chi connectivity index (χ1) is 17.2. The van der Waals surface area contributed by atoms with Crippen molar-refractivity contribution in [2.75, 3.05) is 28.7 Å². The average Bonchev–Trinajstić information content (AvgIpc) is 3.11. The molecule has 0 aliphatic carbocycles. The van der Waals surface area contributed by atoms with Gasteiger partial charge in [-0.2, -0.15) is 0 Å². The molecule has 1 fully saturated rings. The van der Waals surface area contributed by atoms with E-state index in [0.717, 1.165) is 23.2 Å². The zero-order valence-electron chi connectivity index (χ0n) is 21.0. The zero-order valence-corrected chi connectivity index (χ0v) is 21.0. The van der Waals surface area contributed by atoms with Crippen molar-refractivity contribution in [1.29, 1.82) is 0 Å². The quantitative estimate of drug-likeness (QED) is 0.527. The molecule has 2 aliphatic heterocycles. The largest absolute Gasteiger partial charge is 0.351 e. The fraction of sp³-hybridized carbons (Fsp3) is 0.393. The van der Waals surface area contributed by atoms with Gasteiger partial charge in [0.25, 0.3) is 0 Å². The van der Waals surface area contributed by atoms with Gasteiger partial charge >= 0.3 is 0 Å². The minimum Gasteiger partial charge on any atom is -0.351 e. The van der Waals surface area contributed by atoms with E-state index < -0.39 is 12.2 Å². The summed E-state index contributed by atoms with van der Waals surface area (Å²) in [5, 5.41) is 5.64. The fourth-order valence-electron chi connectivity index (χ4n) is 4.39. The minimum atomic E-state index is -0.702. The van der Waals surface area contributed by atoms with Crippen molar-refractivity contribution >= 4 is 34.8 Å². The molecule has 1 atom stereocenters. The predicted octanol–water partition coefficient (Wildman–Crippen LogP) is 4.58. The summed E-state index contributed by atoms with van der Waals surface area (Å²) in [5.74, 6) is -1.10. The second-order valence-electron chi connectivity index (χ2n) is 10.0. The molecule has 8 nitrogen and oxygen atoms in total. The monoisotopic (exact) mass is 491 g/mol. The highest BCUT2D eigenvalue weighted by molar-refractivity contribution is 6.06. The molecule has 36 heavy (non-hydrogen) atoms. The molecule has 2 heterocycles. The molecule has 0 spiro atoms. The van der Waals surface area contributed by atoms with Gasteiger partial charge in [-0.1, -0.05) is 39.5 Å². The van der Waals surface area contributed by atoms with Crippen LogP contribution in [0.1, 0.15) is 50.7 Å². The molecule has 0 saturated carbocycles. The number of hydrogen-bond donors (Lipinski definition) is 2. The van der Waals surface area contributed by atoms with Crippen LogP contribution in [-0.4, -0.2) is 37.2 Å². The molecule has 1 saturated heterocycles. The number of hydrogen-bond acceptors (Lipinski definition) is 5. The lowest BCUT2D eigenvalue weighted by Crippen LogP contribution is -2.43. The van der Waals surface area contributed by atoms with E-state index in [2.05, 4.69) is 31.1 Å². The Morgan fingerprint density at radius 2 is 1.75 bits per heavy atom. The Bertz CT molecular complexity index is 1150. The van der Waals surface area contributed by atoms with Gasteiger partial charge in [-0.25, -0.2) is 0 Å². The van der Waals surface area contributed by atoms with Crippen LogP contribution in [-0.2, 0) is 30.4 Å². The van der Waals surface area contributed by atoms with Gasteiger partial charge in [-0.3, -0.25) is 14.4 Å². The third-order valence-corrected chi connectivity index (χ3v) is 6.24. The predicted molar refractivity (Wildman–Crippen MR) is 139 cm³/mol. The summed E-state index contributed by atoms with van der Waals surface area (Å²) < 4.78 is 12.0. The molecule has 0 bridgehead atoms. The normalized spacial score (nSPS) is 19.0. The number of nitrogens with one attached hydrogen (secondary N) is 2. The third-order valence-electron chi connectivity index (χ3n) is 6.24. The highest BCUT2D eigenvalue weighted by atomic mass is 16.7. The Morgan fingerprint density at radius 1 is 1.08 bits per heavy atom. The average molecular weight is 492 g/mol. The Morgan fingerprint density at radius 3 is 2.39 bits per heavy atom. The van der Waals surface area contributed by atoms with Gasteiger partial charge < -0.3 is 25.0 Å². The van der Waals surface area contributed by atoms with Crippen LogP contribution in [0.25, 0.3) is 0 Å². The number of benzene rings is 2. The number of carbonyl (C=O) groups is 3. The molecule has 2 aliphatic rings. The summed E-state index contributed by atoms with van der Waals surface area (Å²) in [4.78, 5) is 39.2. The molecule has 8 heteroatoms. The molecule has 0 aromatic heterocycles. The fourth-order valence-corrected chi connectivity index (χ4v) is 4.39. The smallest absolute Gasteiger partial charge is 0.247 e. The summed E-state index contributed by atoms with van der Waals surface area (Å²) in [6.07, 6.45) is 1.69. The molecule has 3 amide bonds. The Kier molecular flexibility index (Phi) is 7.56. The lowest BCUT2D eigenvalue weighted by molar-refractivity contribution is -0.229. The lowest BCUT2D eigenvalue weighted by Gasteiger charge is -2.36. The van der Waals surface area contributed by atoms with E-state index in [9.17, 15) is 14.4 Å². The van der Waals surface area contributed by atoms with Gasteiger partial charge in [0.2, 0.25) is 17.7 Å². The standard InChI is InChI=1S/C28H33N3O5/c1-5-7-24(33)30-20-12-13-22-21(14-20)25(27-35-16-28(3,4)17-36-27)26(34)31(22)15-18-8-10-19(11-9-18)29-23(32)6-2/h6,8-14,25,27H,2,5,7,15-17H2,1,3-4H3,(H,29,32)(H,30,33). The topological polar surface area (TPSA) is 97.0 Å². The molecule has 4 rings (SSSR count). The van der Waals surface area contributed by atoms with Crippen LogP contribution in [0.3, 0.4) is 0 Å². The Balaban J connectivity index is 1.60. The van der Waals surface area contributed by atoms with E-state index >= 15 is 0 Å². The van der Waals surface area contributed by atoms with Gasteiger partial charge in [-0.05, 0) is 54.0 Å². The molecule has 2 N–H and O–H groups in total. The summed E-state index contributed by atoms with van der Waals surface area (Å²) in [6, 6.07) is 12.8. The van der Waals surface area contributed by atoms with Crippen LogP contribution in [0.4, 0.5) is 17.1 Å². The van der Waals surface area contributed by atoms with Crippen molar-refractivity contribution in [3.05, 3.63) is 66.2 Å². The van der Waals surface area contributed by atoms with Gasteiger partial charge in [-0.15, -0.1) is 0 Å². The van der Waals surface area contributed by atoms with Gasteiger partial charge in [0.05, 0.1) is 19.8 Å². The number of fused-ring (bicyclic) bond motifs is 1. The number of amides is 3. The van der Waals surface area contributed by atoms with E-state index in [4.69, 9.17) is 9.47 Å². The maximum absolute atomic E-state index is 13.7. The number of carbonyl (C=O) groups excluding carboxylic acids is 3. The van der Waals surface area contributed by atoms with E-state index in [1.165, 1.54) is 6.08 Å². The van der Waals surface area contributed by atoms with E-state index in [-0.39, 0.29) is 23.1 Å². The van der Waals surface area contributed by atoms with Crippen molar-refractivity contribution in [2.45, 2.75) is 52.4 Å². The zero-order chi connectivity index (χ0) is 25.9. The van der Waals surface area contributed by atoms with Crippen LogP contribution in [0.15, 0.2) is 55.1 Å². The first-order valence-electron chi connectivity index (χ1n) is 12.2. The molecule has 2 aromatic carbocycles. The van der Waals surface area contributed by atoms with Crippen LogP contribution in [0, 0.1) is 5.41 Å². The van der Waals surface area contributed by atoms with Crippen molar-refractivity contribution in [3.8, 4) is 0 Å². The van der Waals surface area contributed by atoms with Crippen LogP contribution >= 0.6 is 0 Å². The number of anilines is 3. The van der Waals surface area contributed by atoms with Gasteiger partial charge in [0, 0.05) is 28.9 Å². The van der Waals surface area contributed by atoms with E-state index in [1.54, 1.807) is 17.0 Å². The summed E-state index contributed by atoms with van der Waals surface area (Å²) in [7, 11) is 0. The second kappa shape index (κ2) is 10.6. The maximum atomic E-state index is 13.7. The number of nitrogens with zero attached hydrogens (tertiary/aromatic N) is 1. The molecule has 1 unspecified atom stereocenters. The highest BCUT2D eigenvalue weighted by Crippen LogP contribution is 2.44. The third kappa shape index (κ3) is 5.66. The lowest BCUT2D eigenvalue weighted by atomic mass is 9.93. The second-order valence-corrected chi connectivity index (χ2v) is 10.0. The summed E-state index contributed by atoms with van der Waals surface area (Å²) in [6.45, 7) is 10.8. The highest BCUT2D eigenvalue weighted by Gasteiger charge is 2.45. The first kappa shape index (κ1) is 25.6. The Labute approximate surface area is 211 Å². The van der Waals surface area contributed by atoms with Crippen molar-refractivity contribution in [3.63, 3.8) is 0 Å². The molecule has 190 valence electrons. The van der Waals surface area contributed by atoms with Crippen LogP contribution < -0.4 is 15.5 Å². The molecular formula is C28H33N3O5. The van der Waals surface area contributed by atoms with Crippen LogP contribution in [0.2, 0.25) is 0 Å². The molecule has 2 aromatic rings. The van der Waals surface area contributed by atoms with Gasteiger partial charge in [0.1, 0.15) is 5.92 Å². The maximum Gasteiger partial charge on any atom is 0.247 e. The molecule has 0 radical (unpaired) electrons. The van der Waals surface area contributed by atoms with Crippen LogP contribution in [0.5, 0.6) is 0 Å². The van der Waals surface area contributed by atoms with Crippen molar-refractivity contribution < 1.29 is 23.9 Å². The van der Waals surface area contributed by atoms with Crippen molar-refractivity contribution in [2.24, 2.45) is 5.41 Å². The van der Waals surface area contributed by atoms with Crippen molar-refractivity contribution in [1.82, 2.24) is 0 Å². The summed E-state index contributed by atoms with van der Waals surface area (Å²) >= 11 is 0. The number of rotatable bonds is 8. The van der Waals surface area contributed by atoms with E-state index in [1.807, 2.05) is 37.3 Å². The summed E-state index contributed by atoms with van der Waals surface area (Å²) in [5.41, 5.74) is 3.60. The Hall–Kier alpha value is -3.49.